The Bertz CT molecular complexity index is 1300. The van der Waals surface area contributed by atoms with Crippen molar-refractivity contribution in [3.8, 4) is 5.69 Å². The number of carbonyl (C=O) groups excluding carboxylic acids is 1. The molecule has 2 aromatic carbocycles. The maximum absolute atomic E-state index is 14.3. The van der Waals surface area contributed by atoms with E-state index in [-0.39, 0.29) is 9.70 Å². The zero-order valence-electron chi connectivity index (χ0n) is 17.5. The lowest BCUT2D eigenvalue weighted by atomic mass is 10.0. The van der Waals surface area contributed by atoms with Gasteiger partial charge in [-0.2, -0.15) is 37.3 Å². The summed E-state index contributed by atoms with van der Waals surface area (Å²) in [6, 6.07) is 7.06. The Morgan fingerprint density at radius 1 is 1.08 bits per heavy atom. The average Bonchev–Trinajstić information content (AvgIpc) is 3.21. The number of hydrogen-bond donors (Lipinski definition) is 2. The number of nitrogens with zero attached hydrogens (tertiary/aromatic N) is 2. The first kappa shape index (κ1) is 26.9. The normalized spacial score (nSPS) is 12.8. The molecule has 0 aliphatic heterocycles. The molecular weight excluding hydrogens is 528 g/mol. The Labute approximate surface area is 201 Å². The molecule has 0 atom stereocenters. The van der Waals surface area contributed by atoms with Crippen LogP contribution in [0.2, 0.25) is 5.02 Å². The van der Waals surface area contributed by atoms with E-state index >= 15 is 0 Å². The van der Waals surface area contributed by atoms with Crippen LogP contribution in [-0.4, -0.2) is 21.9 Å². The second-order valence-corrected chi connectivity index (χ2v) is 7.46. The quantitative estimate of drug-likeness (QED) is 0.252. The summed E-state index contributed by atoms with van der Waals surface area (Å²) in [6.45, 7) is 0. The van der Waals surface area contributed by atoms with Crippen molar-refractivity contribution in [1.29, 1.82) is 0 Å². The second kappa shape index (κ2) is 10.1. The van der Waals surface area contributed by atoms with Crippen LogP contribution in [0.4, 0.5) is 35.1 Å². The van der Waals surface area contributed by atoms with E-state index in [0.717, 1.165) is 30.3 Å². The first-order valence-corrected chi connectivity index (χ1v) is 9.94. The molecule has 0 aliphatic carbocycles. The number of nitrogens with one attached hydrogen (secondary N) is 1. The lowest BCUT2D eigenvalue weighted by Crippen LogP contribution is -2.37. The number of hydrogen-bond acceptors (Lipinski definition) is 4. The van der Waals surface area contributed by atoms with Crippen LogP contribution in [0, 0.1) is 11.6 Å². The molecule has 192 valence electrons. The molecule has 1 heterocycles. The van der Waals surface area contributed by atoms with Crippen molar-refractivity contribution in [2.75, 3.05) is 0 Å². The predicted octanol–water partition coefficient (Wildman–Crippen LogP) is 5.30. The van der Waals surface area contributed by atoms with Gasteiger partial charge in [-0.15, -0.1) is 0 Å². The van der Waals surface area contributed by atoms with Crippen molar-refractivity contribution in [3.63, 3.8) is 0 Å². The van der Waals surface area contributed by atoms with E-state index in [1.807, 2.05) is 0 Å². The lowest BCUT2D eigenvalue weighted by molar-refractivity contribution is -0.172. The largest absolute Gasteiger partial charge is 0.471 e. The minimum Gasteiger partial charge on any atom is -0.409 e. The van der Waals surface area contributed by atoms with E-state index < -0.39 is 70.3 Å². The fourth-order valence-electron chi connectivity index (χ4n) is 3.16. The smallest absolute Gasteiger partial charge is 0.409 e. The Balaban J connectivity index is 2.29. The van der Waals surface area contributed by atoms with Crippen molar-refractivity contribution >= 4 is 23.3 Å². The molecule has 0 unspecified atom stereocenters. The second-order valence-electron chi connectivity index (χ2n) is 7.05. The van der Waals surface area contributed by atoms with Crippen LogP contribution in [0.5, 0.6) is 0 Å². The van der Waals surface area contributed by atoms with E-state index in [1.165, 1.54) is 11.4 Å². The first-order chi connectivity index (χ1) is 16.7. The highest BCUT2D eigenvalue weighted by Crippen LogP contribution is 2.38. The number of alkyl halides is 6. The SMILES string of the molecule is NO/C(=C(\Cc1c(F)cccc1Cl)NC(=O)C(F)(F)F)c1cnn(-c2cccc(F)c2)c1C(F)(F)F. The van der Waals surface area contributed by atoms with Gasteiger partial charge >= 0.3 is 18.3 Å². The van der Waals surface area contributed by atoms with Gasteiger partial charge in [0.25, 0.3) is 0 Å². The minimum atomic E-state index is -5.48. The summed E-state index contributed by atoms with van der Waals surface area (Å²) in [7, 11) is 0. The monoisotopic (exact) mass is 540 g/mol. The molecule has 0 aliphatic rings. The third-order valence-electron chi connectivity index (χ3n) is 4.66. The molecule has 1 aromatic heterocycles. The fourth-order valence-corrected chi connectivity index (χ4v) is 3.39. The van der Waals surface area contributed by atoms with Crippen LogP contribution in [0.15, 0.2) is 54.4 Å². The van der Waals surface area contributed by atoms with Crippen LogP contribution in [-0.2, 0) is 22.2 Å². The molecule has 15 heteroatoms. The molecule has 36 heavy (non-hydrogen) atoms. The summed E-state index contributed by atoms with van der Waals surface area (Å²) in [6.07, 6.45) is -11.2. The summed E-state index contributed by atoms with van der Waals surface area (Å²) in [4.78, 5) is 16.1. The number of nitrogens with two attached hydrogens (primary N) is 1. The van der Waals surface area contributed by atoms with Gasteiger partial charge < -0.3 is 10.2 Å². The van der Waals surface area contributed by atoms with Gasteiger partial charge in [-0.25, -0.2) is 13.5 Å². The van der Waals surface area contributed by atoms with E-state index in [0.29, 0.717) is 12.3 Å². The molecule has 0 saturated carbocycles. The Kier molecular flexibility index (Phi) is 7.59. The van der Waals surface area contributed by atoms with Crippen molar-refractivity contribution < 1.29 is 44.8 Å². The topological polar surface area (TPSA) is 82.2 Å². The van der Waals surface area contributed by atoms with Crippen LogP contribution >= 0.6 is 11.6 Å². The molecule has 6 nitrogen and oxygen atoms in total. The van der Waals surface area contributed by atoms with E-state index in [1.54, 1.807) is 0 Å². The van der Waals surface area contributed by atoms with Gasteiger partial charge in [0.15, 0.2) is 11.5 Å². The van der Waals surface area contributed by atoms with Gasteiger partial charge in [0.2, 0.25) is 0 Å². The summed E-state index contributed by atoms with van der Waals surface area (Å²) in [5, 5.41) is 4.60. The average molecular weight is 541 g/mol. The van der Waals surface area contributed by atoms with Gasteiger partial charge in [0.1, 0.15) is 11.6 Å². The maximum atomic E-state index is 14.3. The summed E-state index contributed by atoms with van der Waals surface area (Å²) < 4.78 is 109. The Hall–Kier alpha value is -3.65. The van der Waals surface area contributed by atoms with Crippen LogP contribution in [0.1, 0.15) is 16.8 Å². The van der Waals surface area contributed by atoms with Crippen LogP contribution in [0.25, 0.3) is 11.4 Å². The third-order valence-corrected chi connectivity index (χ3v) is 5.02. The number of benzene rings is 2. The zero-order valence-corrected chi connectivity index (χ0v) is 18.3. The van der Waals surface area contributed by atoms with Gasteiger partial charge in [0.05, 0.1) is 23.1 Å². The van der Waals surface area contributed by atoms with Crippen LogP contribution in [0.3, 0.4) is 0 Å². The highest BCUT2D eigenvalue weighted by molar-refractivity contribution is 6.31. The number of amides is 1. The number of aromatic nitrogens is 2. The third kappa shape index (κ3) is 5.76. The van der Waals surface area contributed by atoms with Crippen molar-refractivity contribution in [2.24, 2.45) is 5.90 Å². The first-order valence-electron chi connectivity index (χ1n) is 9.56. The molecular formula is C21H13ClF8N4O2. The molecule has 0 bridgehead atoms. The summed E-state index contributed by atoms with van der Waals surface area (Å²) >= 11 is 5.90. The van der Waals surface area contributed by atoms with Gasteiger partial charge in [-0.3, -0.25) is 4.79 Å². The molecule has 0 radical (unpaired) electrons. The molecule has 0 fully saturated rings. The Morgan fingerprint density at radius 3 is 2.31 bits per heavy atom. The molecule has 3 aromatic rings. The van der Waals surface area contributed by atoms with Crippen LogP contribution < -0.4 is 11.2 Å². The van der Waals surface area contributed by atoms with Crippen molar-refractivity contribution in [1.82, 2.24) is 15.1 Å². The summed E-state index contributed by atoms with van der Waals surface area (Å²) in [5.74, 6) is -0.551. The van der Waals surface area contributed by atoms with E-state index in [4.69, 9.17) is 17.5 Å². The minimum absolute atomic E-state index is 0.247. The number of carbonyl (C=O) groups is 1. The van der Waals surface area contributed by atoms with E-state index in [2.05, 4.69) is 9.94 Å². The van der Waals surface area contributed by atoms with Gasteiger partial charge in [0, 0.05) is 17.0 Å². The highest BCUT2D eigenvalue weighted by atomic mass is 35.5. The van der Waals surface area contributed by atoms with E-state index in [9.17, 15) is 39.9 Å². The standard InChI is InChI=1S/C21H13ClF8N4O2/c22-14-5-2-6-15(24)12(14)8-16(33-19(35)21(28,29)30)17(36-31)13-9-32-34(18(13)20(25,26)27)11-4-1-3-10(23)7-11/h1-7,9H,8,31H2,(H,33,35)/b17-16+. The van der Waals surface area contributed by atoms with Crippen molar-refractivity contribution in [3.05, 3.63) is 87.8 Å². The molecule has 3 N–H and O–H groups in total. The highest BCUT2D eigenvalue weighted by Gasteiger charge is 2.43. The number of halogens is 9. The van der Waals surface area contributed by atoms with Gasteiger partial charge in [-0.05, 0) is 30.3 Å². The summed E-state index contributed by atoms with van der Waals surface area (Å²) in [5.41, 5.74) is -4.54. The molecule has 0 saturated heterocycles. The fraction of sp³-hybridized carbons (Fsp3) is 0.143. The maximum Gasteiger partial charge on any atom is 0.471 e. The van der Waals surface area contributed by atoms with Gasteiger partial charge in [-0.1, -0.05) is 23.7 Å². The molecule has 1 amide bonds. The van der Waals surface area contributed by atoms with Crippen molar-refractivity contribution in [2.45, 2.75) is 18.8 Å². The lowest BCUT2D eigenvalue weighted by Gasteiger charge is -2.18. The molecule has 0 spiro atoms. The Morgan fingerprint density at radius 2 is 1.75 bits per heavy atom. The number of rotatable bonds is 6. The predicted molar refractivity (Wildman–Crippen MR) is 110 cm³/mol. The zero-order chi connectivity index (χ0) is 26.8. The number of allylic oxidation sites excluding steroid dienone is 1. The molecule has 3 rings (SSSR count).